The van der Waals surface area contributed by atoms with Crippen LogP contribution in [0.2, 0.25) is 5.02 Å². The van der Waals surface area contributed by atoms with Crippen LogP contribution in [0.4, 0.5) is 10.2 Å². The van der Waals surface area contributed by atoms with Crippen molar-refractivity contribution < 1.29 is 9.50 Å². The number of phenols is 1. The quantitative estimate of drug-likeness (QED) is 0.699. The van der Waals surface area contributed by atoms with Gasteiger partial charge in [-0.1, -0.05) is 11.6 Å². The molecule has 1 aromatic carbocycles. The van der Waals surface area contributed by atoms with Crippen LogP contribution in [-0.2, 0) is 0 Å². The number of aromatic hydroxyl groups is 1. The first-order valence-corrected chi connectivity index (χ1v) is 4.45. The molecule has 0 aliphatic carbocycles. The number of H-pyrrole nitrogens is 1. The normalized spacial score (nSPS) is 10.5. The van der Waals surface area contributed by atoms with Crippen molar-refractivity contribution in [2.45, 2.75) is 0 Å². The molecule has 0 saturated heterocycles. The summed E-state index contributed by atoms with van der Waals surface area (Å²) >= 11 is 5.66. The first-order valence-electron chi connectivity index (χ1n) is 4.07. The van der Waals surface area contributed by atoms with E-state index >= 15 is 0 Å². The molecular weight excluding hydrogens is 221 g/mol. The number of aromatic nitrogens is 2. The summed E-state index contributed by atoms with van der Waals surface area (Å²) in [6.07, 6.45) is 0. The number of hydrogen-bond donors (Lipinski definition) is 3. The smallest absolute Gasteiger partial charge is 0.145 e. The molecule has 2 aromatic rings. The molecule has 0 saturated carbocycles. The number of nitrogens with two attached hydrogens (primary N) is 1. The molecule has 0 aliphatic heterocycles. The van der Waals surface area contributed by atoms with Gasteiger partial charge in [-0.2, -0.15) is 5.10 Å². The number of anilines is 1. The van der Waals surface area contributed by atoms with E-state index in [0.29, 0.717) is 5.69 Å². The standard InChI is InChI=1S/C9H7ClFN3O/c10-5-1-4(6(11)2-8(5)15)7-3-9(12)14-13-7/h1-3,15H,(H3,12,13,14). The fraction of sp³-hybridized carbons (Fsp3) is 0. The van der Waals surface area contributed by atoms with Crippen LogP contribution in [0.5, 0.6) is 5.75 Å². The van der Waals surface area contributed by atoms with Crippen LogP contribution in [0, 0.1) is 5.82 Å². The van der Waals surface area contributed by atoms with Crippen LogP contribution >= 0.6 is 11.6 Å². The van der Waals surface area contributed by atoms with E-state index in [-0.39, 0.29) is 22.2 Å². The van der Waals surface area contributed by atoms with E-state index in [9.17, 15) is 4.39 Å². The molecule has 6 heteroatoms. The highest BCUT2D eigenvalue weighted by atomic mass is 35.5. The minimum Gasteiger partial charge on any atom is -0.506 e. The zero-order valence-electron chi connectivity index (χ0n) is 7.46. The van der Waals surface area contributed by atoms with Gasteiger partial charge >= 0.3 is 0 Å². The number of nitrogen functional groups attached to an aromatic ring is 1. The summed E-state index contributed by atoms with van der Waals surface area (Å²) in [5.74, 6) is -0.639. The predicted octanol–water partition coefficient (Wildman–Crippen LogP) is 2.16. The Balaban J connectivity index is 2.58. The minimum atomic E-state index is -0.597. The summed E-state index contributed by atoms with van der Waals surface area (Å²) in [5, 5.41) is 15.4. The van der Waals surface area contributed by atoms with E-state index in [1.807, 2.05) is 0 Å². The fourth-order valence-corrected chi connectivity index (χ4v) is 1.38. The van der Waals surface area contributed by atoms with Crippen LogP contribution < -0.4 is 5.73 Å². The molecule has 0 spiro atoms. The third-order valence-corrected chi connectivity index (χ3v) is 2.23. The molecule has 0 fully saturated rings. The second kappa shape index (κ2) is 3.43. The fourth-order valence-electron chi connectivity index (χ4n) is 1.22. The summed E-state index contributed by atoms with van der Waals surface area (Å²) < 4.78 is 13.4. The van der Waals surface area contributed by atoms with Gasteiger partial charge < -0.3 is 10.8 Å². The Morgan fingerprint density at radius 2 is 2.13 bits per heavy atom. The maximum Gasteiger partial charge on any atom is 0.145 e. The molecule has 0 radical (unpaired) electrons. The molecule has 0 unspecified atom stereocenters. The van der Waals surface area contributed by atoms with Gasteiger partial charge in [0.15, 0.2) is 0 Å². The lowest BCUT2D eigenvalue weighted by Crippen LogP contribution is -1.85. The second-order valence-electron chi connectivity index (χ2n) is 2.99. The Kier molecular flexibility index (Phi) is 2.24. The summed E-state index contributed by atoms with van der Waals surface area (Å²) in [4.78, 5) is 0. The molecule has 0 aliphatic rings. The van der Waals surface area contributed by atoms with E-state index < -0.39 is 5.82 Å². The Labute approximate surface area is 89.5 Å². The maximum atomic E-state index is 13.4. The van der Waals surface area contributed by atoms with Gasteiger partial charge in [-0.3, -0.25) is 5.10 Å². The monoisotopic (exact) mass is 227 g/mol. The Bertz CT molecular complexity index is 512. The summed E-state index contributed by atoms with van der Waals surface area (Å²) in [7, 11) is 0. The summed E-state index contributed by atoms with van der Waals surface area (Å²) in [6, 6.07) is 3.72. The molecule has 1 aromatic heterocycles. The molecule has 15 heavy (non-hydrogen) atoms. The van der Waals surface area contributed by atoms with E-state index in [0.717, 1.165) is 6.07 Å². The molecule has 0 amide bonds. The van der Waals surface area contributed by atoms with Crippen LogP contribution in [0.1, 0.15) is 0 Å². The van der Waals surface area contributed by atoms with Crippen molar-refractivity contribution >= 4 is 17.4 Å². The average molecular weight is 228 g/mol. The third-order valence-electron chi connectivity index (χ3n) is 1.92. The molecule has 4 N–H and O–H groups in total. The number of hydrogen-bond acceptors (Lipinski definition) is 3. The average Bonchev–Trinajstić information content (AvgIpc) is 2.58. The molecule has 2 rings (SSSR count). The zero-order valence-corrected chi connectivity index (χ0v) is 8.22. The van der Waals surface area contributed by atoms with Crippen molar-refractivity contribution in [2.24, 2.45) is 0 Å². The number of nitrogens with zero attached hydrogens (tertiary/aromatic N) is 1. The van der Waals surface area contributed by atoms with Gasteiger partial charge in [0.2, 0.25) is 0 Å². The Hall–Kier alpha value is -1.75. The summed E-state index contributed by atoms with van der Waals surface area (Å²) in [5.41, 5.74) is 6.01. The predicted molar refractivity (Wildman–Crippen MR) is 55.1 cm³/mol. The Morgan fingerprint density at radius 1 is 1.40 bits per heavy atom. The van der Waals surface area contributed by atoms with E-state index in [2.05, 4.69) is 10.2 Å². The first kappa shape index (κ1) is 9.79. The van der Waals surface area contributed by atoms with Crippen LogP contribution in [0.15, 0.2) is 18.2 Å². The number of phenolic OH excluding ortho intramolecular Hbond substituents is 1. The lowest BCUT2D eigenvalue weighted by Gasteiger charge is -2.02. The molecule has 78 valence electrons. The van der Waals surface area contributed by atoms with Crippen LogP contribution in [-0.4, -0.2) is 15.3 Å². The highest BCUT2D eigenvalue weighted by molar-refractivity contribution is 6.32. The van der Waals surface area contributed by atoms with Gasteiger partial charge in [0.05, 0.1) is 10.7 Å². The molecule has 1 heterocycles. The molecule has 0 atom stereocenters. The molecule has 4 nitrogen and oxygen atoms in total. The second-order valence-corrected chi connectivity index (χ2v) is 3.40. The topological polar surface area (TPSA) is 74.9 Å². The van der Waals surface area contributed by atoms with Gasteiger partial charge in [-0.25, -0.2) is 4.39 Å². The third kappa shape index (κ3) is 1.73. The molecule has 0 bridgehead atoms. The van der Waals surface area contributed by atoms with Gasteiger partial charge in [0, 0.05) is 17.7 Å². The van der Waals surface area contributed by atoms with Crippen molar-refractivity contribution in [3.05, 3.63) is 29.0 Å². The number of nitrogens with one attached hydrogen (secondary N) is 1. The number of halogens is 2. The largest absolute Gasteiger partial charge is 0.506 e. The van der Waals surface area contributed by atoms with E-state index in [1.165, 1.54) is 12.1 Å². The van der Waals surface area contributed by atoms with Gasteiger partial charge in [0.1, 0.15) is 17.4 Å². The number of aromatic amines is 1. The van der Waals surface area contributed by atoms with Gasteiger partial charge in [0.25, 0.3) is 0 Å². The van der Waals surface area contributed by atoms with Crippen molar-refractivity contribution in [1.82, 2.24) is 10.2 Å². The van der Waals surface area contributed by atoms with Crippen molar-refractivity contribution in [3.8, 4) is 17.0 Å². The SMILES string of the molecule is Nc1cc(-c2cc(Cl)c(O)cc2F)[nH]n1. The minimum absolute atomic E-state index is 0.0690. The number of rotatable bonds is 1. The van der Waals surface area contributed by atoms with Crippen molar-refractivity contribution in [3.63, 3.8) is 0 Å². The first-order chi connectivity index (χ1) is 7.08. The van der Waals surface area contributed by atoms with Gasteiger partial charge in [-0.15, -0.1) is 0 Å². The van der Waals surface area contributed by atoms with E-state index in [1.54, 1.807) is 0 Å². The van der Waals surface area contributed by atoms with Crippen LogP contribution in [0.25, 0.3) is 11.3 Å². The highest BCUT2D eigenvalue weighted by Crippen LogP contribution is 2.31. The zero-order chi connectivity index (χ0) is 11.0. The lowest BCUT2D eigenvalue weighted by molar-refractivity contribution is 0.469. The maximum absolute atomic E-state index is 13.4. The van der Waals surface area contributed by atoms with Crippen LogP contribution in [0.3, 0.4) is 0 Å². The lowest BCUT2D eigenvalue weighted by atomic mass is 10.1. The number of benzene rings is 1. The Morgan fingerprint density at radius 3 is 2.73 bits per heavy atom. The van der Waals surface area contributed by atoms with Crippen molar-refractivity contribution in [2.75, 3.05) is 5.73 Å². The van der Waals surface area contributed by atoms with Gasteiger partial charge in [-0.05, 0) is 6.07 Å². The van der Waals surface area contributed by atoms with Crippen molar-refractivity contribution in [1.29, 1.82) is 0 Å². The van der Waals surface area contributed by atoms with E-state index in [4.69, 9.17) is 22.4 Å². The molecular formula is C9H7ClFN3O. The highest BCUT2D eigenvalue weighted by Gasteiger charge is 2.11. The summed E-state index contributed by atoms with van der Waals surface area (Å²) in [6.45, 7) is 0.